The van der Waals surface area contributed by atoms with E-state index in [1.54, 1.807) is 24.5 Å². The third-order valence-corrected chi connectivity index (χ3v) is 5.33. The van der Waals surface area contributed by atoms with Gasteiger partial charge in [-0.3, -0.25) is 9.78 Å². The van der Waals surface area contributed by atoms with Crippen LogP contribution in [0.1, 0.15) is 22.8 Å². The number of carbonyl (C=O) groups excluding carboxylic acids is 1. The zero-order valence-electron chi connectivity index (χ0n) is 16.0. The minimum Gasteiger partial charge on any atom is -0.338 e. The van der Waals surface area contributed by atoms with Gasteiger partial charge in [0.2, 0.25) is 0 Å². The summed E-state index contributed by atoms with van der Waals surface area (Å²) in [5.74, 6) is 0.609. The van der Waals surface area contributed by atoms with Crippen molar-refractivity contribution in [2.45, 2.75) is 19.4 Å². The SMILES string of the molecule is CC1Cc2ccccc2N1C(=O)c1ccnc(Nc2cccc3cccnc23)c1. The predicted molar refractivity (Wildman–Crippen MR) is 116 cm³/mol. The molecule has 1 amide bonds. The Bertz CT molecular complexity index is 1210. The van der Waals surface area contributed by atoms with Crippen molar-refractivity contribution in [2.24, 2.45) is 0 Å². The molecule has 1 aliphatic heterocycles. The maximum absolute atomic E-state index is 13.3. The summed E-state index contributed by atoms with van der Waals surface area (Å²) < 4.78 is 0. The number of carbonyl (C=O) groups is 1. The first kappa shape index (κ1) is 17.4. The molecule has 0 fully saturated rings. The molecular formula is C24H20N4O. The Morgan fingerprint density at radius 2 is 1.86 bits per heavy atom. The molecule has 1 aliphatic rings. The second-order valence-electron chi connectivity index (χ2n) is 7.29. The Hall–Kier alpha value is -3.73. The molecular weight excluding hydrogens is 360 g/mol. The molecule has 4 aromatic rings. The lowest BCUT2D eigenvalue weighted by Gasteiger charge is -2.23. The highest BCUT2D eigenvalue weighted by Crippen LogP contribution is 2.33. The van der Waals surface area contributed by atoms with Crippen molar-refractivity contribution in [3.63, 3.8) is 0 Å². The number of para-hydroxylation sites is 2. The van der Waals surface area contributed by atoms with Gasteiger partial charge in [-0.25, -0.2) is 4.98 Å². The van der Waals surface area contributed by atoms with E-state index in [-0.39, 0.29) is 11.9 Å². The zero-order valence-corrected chi connectivity index (χ0v) is 16.0. The molecule has 0 bridgehead atoms. The van der Waals surface area contributed by atoms with Gasteiger partial charge in [0.25, 0.3) is 5.91 Å². The fourth-order valence-corrected chi connectivity index (χ4v) is 3.99. The maximum atomic E-state index is 13.3. The molecule has 0 saturated heterocycles. The van der Waals surface area contributed by atoms with Crippen LogP contribution in [0, 0.1) is 0 Å². The summed E-state index contributed by atoms with van der Waals surface area (Å²) in [6, 6.07) is 21.7. The molecule has 0 aliphatic carbocycles. The first-order valence-corrected chi connectivity index (χ1v) is 9.69. The molecule has 1 unspecified atom stereocenters. The zero-order chi connectivity index (χ0) is 19.8. The molecule has 1 atom stereocenters. The Labute approximate surface area is 169 Å². The monoisotopic (exact) mass is 380 g/mol. The molecule has 5 rings (SSSR count). The number of hydrogen-bond acceptors (Lipinski definition) is 4. The van der Waals surface area contributed by atoms with E-state index in [1.807, 2.05) is 53.4 Å². The van der Waals surface area contributed by atoms with E-state index in [4.69, 9.17) is 0 Å². The molecule has 2 aromatic carbocycles. The molecule has 5 nitrogen and oxygen atoms in total. The average molecular weight is 380 g/mol. The normalized spacial score (nSPS) is 15.3. The lowest BCUT2D eigenvalue weighted by atomic mass is 10.1. The van der Waals surface area contributed by atoms with Gasteiger partial charge >= 0.3 is 0 Å². The minimum atomic E-state index is -0.0102. The van der Waals surface area contributed by atoms with Crippen LogP contribution in [0.25, 0.3) is 10.9 Å². The van der Waals surface area contributed by atoms with Gasteiger partial charge in [0.1, 0.15) is 5.82 Å². The van der Waals surface area contributed by atoms with Crippen molar-refractivity contribution in [1.82, 2.24) is 9.97 Å². The van der Waals surface area contributed by atoms with Crippen molar-refractivity contribution in [1.29, 1.82) is 0 Å². The average Bonchev–Trinajstić information content (AvgIpc) is 3.09. The Kier molecular flexibility index (Phi) is 4.21. The van der Waals surface area contributed by atoms with Crippen molar-refractivity contribution in [3.05, 3.63) is 90.3 Å². The van der Waals surface area contributed by atoms with Crippen LogP contribution < -0.4 is 10.2 Å². The van der Waals surface area contributed by atoms with Gasteiger partial charge in [0.05, 0.1) is 11.2 Å². The number of nitrogens with zero attached hydrogens (tertiary/aromatic N) is 3. The van der Waals surface area contributed by atoms with Crippen LogP contribution in [0.2, 0.25) is 0 Å². The second kappa shape index (κ2) is 7.02. The molecule has 5 heteroatoms. The summed E-state index contributed by atoms with van der Waals surface area (Å²) in [5.41, 5.74) is 4.55. The highest BCUT2D eigenvalue weighted by atomic mass is 16.2. The van der Waals surface area contributed by atoms with Crippen LogP contribution in [-0.4, -0.2) is 21.9 Å². The summed E-state index contributed by atoms with van der Waals surface area (Å²) in [7, 11) is 0. The number of nitrogens with one attached hydrogen (secondary N) is 1. The highest BCUT2D eigenvalue weighted by Gasteiger charge is 2.31. The van der Waals surface area contributed by atoms with Crippen molar-refractivity contribution >= 4 is 34.0 Å². The molecule has 0 radical (unpaired) electrons. The second-order valence-corrected chi connectivity index (χ2v) is 7.29. The Morgan fingerprint density at radius 3 is 2.79 bits per heavy atom. The highest BCUT2D eigenvalue weighted by molar-refractivity contribution is 6.08. The first-order valence-electron chi connectivity index (χ1n) is 9.69. The Balaban J connectivity index is 1.46. The number of fused-ring (bicyclic) bond motifs is 2. The van der Waals surface area contributed by atoms with Gasteiger partial charge in [-0.2, -0.15) is 0 Å². The van der Waals surface area contributed by atoms with Gasteiger partial charge in [0.15, 0.2) is 0 Å². The van der Waals surface area contributed by atoms with Crippen LogP contribution >= 0.6 is 0 Å². The lowest BCUT2D eigenvalue weighted by Crippen LogP contribution is -2.35. The van der Waals surface area contributed by atoms with Gasteiger partial charge in [-0.05, 0) is 49.2 Å². The molecule has 2 aromatic heterocycles. The number of aromatic nitrogens is 2. The third-order valence-electron chi connectivity index (χ3n) is 5.33. The van der Waals surface area contributed by atoms with E-state index in [1.165, 1.54) is 5.56 Å². The molecule has 0 saturated carbocycles. The summed E-state index contributed by atoms with van der Waals surface area (Å²) in [4.78, 5) is 24.0. The van der Waals surface area contributed by atoms with E-state index < -0.39 is 0 Å². The van der Waals surface area contributed by atoms with Crippen LogP contribution in [0.15, 0.2) is 79.1 Å². The summed E-state index contributed by atoms with van der Waals surface area (Å²) in [5, 5.41) is 4.37. The van der Waals surface area contributed by atoms with E-state index >= 15 is 0 Å². The standard InChI is InChI=1S/C24H20N4O/c1-16-14-18-6-2-3-10-21(18)28(16)24(29)19-11-13-25-22(15-19)27-20-9-4-7-17-8-5-12-26-23(17)20/h2-13,15-16H,14H2,1H3,(H,25,27). The van der Waals surface area contributed by atoms with Gasteiger partial charge in [-0.1, -0.05) is 36.4 Å². The smallest absolute Gasteiger partial charge is 0.258 e. The maximum Gasteiger partial charge on any atom is 0.258 e. The van der Waals surface area contributed by atoms with Crippen molar-refractivity contribution in [3.8, 4) is 0 Å². The quantitative estimate of drug-likeness (QED) is 0.545. The van der Waals surface area contributed by atoms with Gasteiger partial charge in [-0.15, -0.1) is 0 Å². The topological polar surface area (TPSA) is 58.1 Å². The molecule has 0 spiro atoms. The molecule has 29 heavy (non-hydrogen) atoms. The largest absolute Gasteiger partial charge is 0.338 e. The van der Waals surface area contributed by atoms with Crippen molar-refractivity contribution < 1.29 is 4.79 Å². The number of amides is 1. The third kappa shape index (κ3) is 3.10. The number of rotatable bonds is 3. The van der Waals surface area contributed by atoms with Crippen molar-refractivity contribution in [2.75, 3.05) is 10.2 Å². The molecule has 142 valence electrons. The minimum absolute atomic E-state index is 0.0102. The van der Waals surface area contributed by atoms with Crippen LogP contribution in [0.5, 0.6) is 0 Å². The van der Waals surface area contributed by atoms with E-state index in [9.17, 15) is 4.79 Å². The molecule has 1 N–H and O–H groups in total. The van der Waals surface area contributed by atoms with Crippen LogP contribution in [0.3, 0.4) is 0 Å². The van der Waals surface area contributed by atoms with E-state index in [2.05, 4.69) is 28.3 Å². The summed E-state index contributed by atoms with van der Waals surface area (Å²) in [6.07, 6.45) is 4.31. The number of pyridine rings is 2. The van der Waals surface area contributed by atoms with Crippen LogP contribution in [0.4, 0.5) is 17.2 Å². The Morgan fingerprint density at radius 1 is 1.00 bits per heavy atom. The number of benzene rings is 2. The summed E-state index contributed by atoms with van der Waals surface area (Å²) >= 11 is 0. The van der Waals surface area contributed by atoms with Gasteiger partial charge < -0.3 is 10.2 Å². The van der Waals surface area contributed by atoms with Gasteiger partial charge in [0, 0.05) is 35.1 Å². The molecule has 3 heterocycles. The summed E-state index contributed by atoms with van der Waals surface area (Å²) in [6.45, 7) is 2.08. The first-order chi connectivity index (χ1) is 14.2. The predicted octanol–water partition coefficient (Wildman–Crippen LogP) is 4.96. The van der Waals surface area contributed by atoms with Crippen LogP contribution in [-0.2, 0) is 6.42 Å². The van der Waals surface area contributed by atoms with E-state index in [0.29, 0.717) is 11.4 Å². The fraction of sp³-hybridized carbons (Fsp3) is 0.125. The number of hydrogen-bond donors (Lipinski definition) is 1. The number of anilines is 3. The fourth-order valence-electron chi connectivity index (χ4n) is 3.99. The van der Waals surface area contributed by atoms with E-state index in [0.717, 1.165) is 28.7 Å². The lowest BCUT2D eigenvalue weighted by molar-refractivity contribution is 0.0981.